The van der Waals surface area contributed by atoms with E-state index in [-0.39, 0.29) is 18.3 Å². The van der Waals surface area contributed by atoms with Gasteiger partial charge in [-0.15, -0.1) is 5.10 Å². The molecule has 74 valence electrons. The van der Waals surface area contributed by atoms with Gasteiger partial charge in [-0.3, -0.25) is 4.57 Å². The molecule has 6 heteroatoms. The third-order valence-corrected chi connectivity index (χ3v) is 2.44. The molecule has 0 aliphatic heterocycles. The molecule has 0 saturated carbocycles. The van der Waals surface area contributed by atoms with Gasteiger partial charge < -0.3 is 5.11 Å². The Hall–Kier alpha value is -0.750. The van der Waals surface area contributed by atoms with Gasteiger partial charge in [-0.05, 0) is 13.8 Å². The molecule has 1 aromatic heterocycles. The number of aliphatic hydroxyl groups excluding tert-OH is 1. The van der Waals surface area contributed by atoms with Crippen molar-refractivity contribution in [3.05, 3.63) is 10.5 Å². The van der Waals surface area contributed by atoms with Gasteiger partial charge in [0.05, 0.1) is 6.61 Å². The van der Waals surface area contributed by atoms with Crippen molar-refractivity contribution in [1.29, 1.82) is 0 Å². The van der Waals surface area contributed by atoms with Crippen LogP contribution >= 0.6 is 11.8 Å². The molecule has 0 saturated heterocycles. The summed E-state index contributed by atoms with van der Waals surface area (Å²) in [5.74, 6) is 0.553. The van der Waals surface area contributed by atoms with Crippen molar-refractivity contribution in [3.8, 4) is 0 Å². The van der Waals surface area contributed by atoms with Crippen LogP contribution in [0.2, 0.25) is 0 Å². The molecule has 2 N–H and O–H groups in total. The fraction of sp³-hybridized carbons (Fsp3) is 0.714. The number of aromatic nitrogens is 3. The second-order valence-corrected chi connectivity index (χ2v) is 3.91. The molecule has 13 heavy (non-hydrogen) atoms. The highest BCUT2D eigenvalue weighted by Crippen LogP contribution is 2.15. The standard InChI is InChI=1S/C7H13N3O2S/c1-5(2)10-6(12)8-9-7(10)13-4-3-11/h5,11H,3-4H2,1-2H3,(H,8,12). The van der Waals surface area contributed by atoms with E-state index >= 15 is 0 Å². The Balaban J connectivity index is 2.87. The molecule has 1 rings (SSSR count). The maximum atomic E-state index is 11.2. The first-order valence-corrected chi connectivity index (χ1v) is 5.06. The van der Waals surface area contributed by atoms with Crippen molar-refractivity contribution in [2.75, 3.05) is 12.4 Å². The first-order chi connectivity index (χ1) is 6.16. The summed E-state index contributed by atoms with van der Waals surface area (Å²) in [7, 11) is 0. The molecule has 0 fully saturated rings. The first-order valence-electron chi connectivity index (χ1n) is 4.07. The summed E-state index contributed by atoms with van der Waals surface area (Å²) in [5.41, 5.74) is -0.199. The highest BCUT2D eigenvalue weighted by molar-refractivity contribution is 7.99. The summed E-state index contributed by atoms with van der Waals surface area (Å²) >= 11 is 1.37. The van der Waals surface area contributed by atoms with E-state index < -0.39 is 0 Å². The number of hydrogen-bond acceptors (Lipinski definition) is 4. The van der Waals surface area contributed by atoms with E-state index in [4.69, 9.17) is 5.11 Å². The van der Waals surface area contributed by atoms with Gasteiger partial charge in [-0.1, -0.05) is 11.8 Å². The fourth-order valence-corrected chi connectivity index (χ4v) is 1.80. The monoisotopic (exact) mass is 203 g/mol. The van der Waals surface area contributed by atoms with Crippen molar-refractivity contribution in [2.45, 2.75) is 25.0 Å². The molecule has 0 bridgehead atoms. The SMILES string of the molecule is CC(C)n1c(SCCO)n[nH]c1=O. The number of rotatable bonds is 4. The number of H-pyrrole nitrogens is 1. The van der Waals surface area contributed by atoms with Gasteiger partial charge in [0.2, 0.25) is 0 Å². The van der Waals surface area contributed by atoms with Crippen LogP contribution in [0.25, 0.3) is 0 Å². The molecule has 1 heterocycles. The quantitative estimate of drug-likeness (QED) is 0.687. The zero-order valence-electron chi connectivity index (χ0n) is 7.65. The smallest absolute Gasteiger partial charge is 0.344 e. The van der Waals surface area contributed by atoms with Crippen LogP contribution in [0.5, 0.6) is 0 Å². The summed E-state index contributed by atoms with van der Waals surface area (Å²) in [6.07, 6.45) is 0. The van der Waals surface area contributed by atoms with Crippen LogP contribution in [0.4, 0.5) is 0 Å². The van der Waals surface area contributed by atoms with E-state index in [1.807, 2.05) is 13.8 Å². The Morgan fingerprint density at radius 2 is 2.38 bits per heavy atom. The molecule has 0 aliphatic rings. The lowest BCUT2D eigenvalue weighted by molar-refractivity contribution is 0.322. The van der Waals surface area contributed by atoms with E-state index in [0.29, 0.717) is 10.9 Å². The van der Waals surface area contributed by atoms with Gasteiger partial charge in [0.25, 0.3) is 0 Å². The Kier molecular flexibility index (Phi) is 3.56. The van der Waals surface area contributed by atoms with Crippen LogP contribution in [0.15, 0.2) is 9.95 Å². The van der Waals surface area contributed by atoms with Crippen LogP contribution in [-0.4, -0.2) is 32.2 Å². The highest BCUT2D eigenvalue weighted by atomic mass is 32.2. The molecule has 1 aromatic rings. The third-order valence-electron chi connectivity index (χ3n) is 1.51. The van der Waals surface area contributed by atoms with Crippen molar-refractivity contribution in [2.24, 2.45) is 0 Å². The topological polar surface area (TPSA) is 70.9 Å². The number of aliphatic hydroxyl groups is 1. The number of hydrogen-bond donors (Lipinski definition) is 2. The number of nitrogens with zero attached hydrogens (tertiary/aromatic N) is 2. The zero-order chi connectivity index (χ0) is 9.84. The molecule has 0 aromatic carbocycles. The van der Waals surface area contributed by atoms with E-state index in [9.17, 15) is 4.79 Å². The minimum atomic E-state index is -0.199. The normalized spacial score (nSPS) is 11.1. The maximum Gasteiger partial charge on any atom is 0.344 e. The van der Waals surface area contributed by atoms with Crippen LogP contribution in [0, 0.1) is 0 Å². The molecule has 0 amide bonds. The molecule has 0 atom stereocenters. The van der Waals surface area contributed by atoms with Gasteiger partial charge in [0.15, 0.2) is 5.16 Å². The second kappa shape index (κ2) is 4.48. The molecular weight excluding hydrogens is 190 g/mol. The van der Waals surface area contributed by atoms with Crippen molar-refractivity contribution in [3.63, 3.8) is 0 Å². The molecule has 0 aliphatic carbocycles. The van der Waals surface area contributed by atoms with E-state index in [1.165, 1.54) is 11.8 Å². The van der Waals surface area contributed by atoms with Gasteiger partial charge in [0.1, 0.15) is 0 Å². The van der Waals surface area contributed by atoms with Crippen molar-refractivity contribution < 1.29 is 5.11 Å². The first kappa shape index (κ1) is 10.3. The maximum absolute atomic E-state index is 11.2. The molecule has 0 spiro atoms. The summed E-state index contributed by atoms with van der Waals surface area (Å²) in [5, 5.41) is 15.5. The minimum absolute atomic E-state index is 0.0871. The fourth-order valence-electron chi connectivity index (χ4n) is 0.984. The number of aromatic amines is 1. The largest absolute Gasteiger partial charge is 0.396 e. The lowest BCUT2D eigenvalue weighted by Gasteiger charge is -2.07. The van der Waals surface area contributed by atoms with Crippen LogP contribution in [0.1, 0.15) is 19.9 Å². The molecular formula is C7H13N3O2S. The lowest BCUT2D eigenvalue weighted by atomic mass is 10.4. The van der Waals surface area contributed by atoms with Crippen molar-refractivity contribution >= 4 is 11.8 Å². The van der Waals surface area contributed by atoms with Crippen molar-refractivity contribution in [1.82, 2.24) is 14.8 Å². The van der Waals surface area contributed by atoms with Gasteiger partial charge in [-0.2, -0.15) is 0 Å². The minimum Gasteiger partial charge on any atom is -0.396 e. The summed E-state index contributed by atoms with van der Waals surface area (Å²) in [4.78, 5) is 11.2. The summed E-state index contributed by atoms with van der Waals surface area (Å²) in [6.45, 7) is 3.92. The Bertz CT molecular complexity index is 318. The second-order valence-electron chi connectivity index (χ2n) is 2.85. The zero-order valence-corrected chi connectivity index (χ0v) is 8.47. The van der Waals surface area contributed by atoms with Crippen LogP contribution < -0.4 is 5.69 Å². The molecule has 5 nitrogen and oxygen atoms in total. The Labute approximate surface area is 80.2 Å². The molecule has 0 unspecified atom stereocenters. The lowest BCUT2D eigenvalue weighted by Crippen LogP contribution is -2.19. The predicted molar refractivity (Wildman–Crippen MR) is 51.0 cm³/mol. The van der Waals surface area contributed by atoms with E-state index in [1.54, 1.807) is 4.57 Å². The van der Waals surface area contributed by atoms with Gasteiger partial charge >= 0.3 is 5.69 Å². The average Bonchev–Trinajstić information content (AvgIpc) is 2.43. The number of thioether (sulfide) groups is 1. The van der Waals surface area contributed by atoms with E-state index in [0.717, 1.165) is 0 Å². The van der Waals surface area contributed by atoms with Gasteiger partial charge in [0, 0.05) is 11.8 Å². The summed E-state index contributed by atoms with van der Waals surface area (Å²) < 4.78 is 1.57. The highest BCUT2D eigenvalue weighted by Gasteiger charge is 2.10. The van der Waals surface area contributed by atoms with Crippen LogP contribution in [0.3, 0.4) is 0 Å². The summed E-state index contributed by atoms with van der Waals surface area (Å²) in [6, 6.07) is 0.0902. The Morgan fingerprint density at radius 1 is 1.69 bits per heavy atom. The van der Waals surface area contributed by atoms with Gasteiger partial charge in [-0.25, -0.2) is 9.89 Å². The third kappa shape index (κ3) is 2.35. The average molecular weight is 203 g/mol. The Morgan fingerprint density at radius 3 is 2.92 bits per heavy atom. The van der Waals surface area contributed by atoms with Crippen LogP contribution in [-0.2, 0) is 0 Å². The molecule has 0 radical (unpaired) electrons. The number of nitrogens with one attached hydrogen (secondary N) is 1. The predicted octanol–water partition coefficient (Wildman–Crippen LogP) is 0.237. The van der Waals surface area contributed by atoms with E-state index in [2.05, 4.69) is 10.2 Å².